The van der Waals surface area contributed by atoms with E-state index in [1.807, 2.05) is 36.7 Å². The fourth-order valence-corrected chi connectivity index (χ4v) is 2.27. The first-order valence-electron chi connectivity index (χ1n) is 6.47. The molecule has 0 aliphatic rings. The molecule has 2 heterocycles. The Morgan fingerprint density at radius 1 is 1.47 bits per heavy atom. The number of aromatic nitrogens is 3. The second kappa shape index (κ2) is 5.34. The highest BCUT2D eigenvalue weighted by atomic mass is 16.5. The Hall–Kier alpha value is -1.98. The molecule has 0 amide bonds. The lowest BCUT2D eigenvalue weighted by molar-refractivity contribution is 0.390. The second-order valence-corrected chi connectivity index (χ2v) is 4.84. The zero-order chi connectivity index (χ0) is 14.0. The van der Waals surface area contributed by atoms with Crippen LogP contribution in [0.5, 0.6) is 0 Å². The largest absolute Gasteiger partial charge is 0.394 e. The summed E-state index contributed by atoms with van der Waals surface area (Å²) in [5, 5.41) is 8.47. The Morgan fingerprint density at radius 3 is 2.79 bits per heavy atom. The van der Waals surface area contributed by atoms with E-state index in [0.717, 1.165) is 41.5 Å². The smallest absolute Gasteiger partial charge is 0.150 e. The highest BCUT2D eigenvalue weighted by Crippen LogP contribution is 2.27. The highest BCUT2D eigenvalue weighted by molar-refractivity contribution is 5.66. The van der Waals surface area contributed by atoms with E-state index in [9.17, 15) is 0 Å². The number of nitrogens with zero attached hydrogens (tertiary/aromatic N) is 4. The lowest BCUT2D eigenvalue weighted by Crippen LogP contribution is -2.20. The van der Waals surface area contributed by atoms with E-state index >= 15 is 0 Å². The van der Waals surface area contributed by atoms with Crippen LogP contribution in [0.15, 0.2) is 10.6 Å². The zero-order valence-corrected chi connectivity index (χ0v) is 12.0. The summed E-state index contributed by atoms with van der Waals surface area (Å²) in [5.41, 5.74) is 8.79. The number of nitrogens with two attached hydrogens (primary N) is 1. The first-order valence-corrected chi connectivity index (χ1v) is 6.47. The van der Waals surface area contributed by atoms with Crippen molar-refractivity contribution >= 4 is 11.5 Å². The van der Waals surface area contributed by atoms with Crippen LogP contribution in [0.4, 0.5) is 11.5 Å². The normalized spacial score (nSPS) is 10.9. The molecule has 2 rings (SSSR count). The monoisotopic (exact) mass is 263 g/mol. The molecule has 0 saturated heterocycles. The molecular weight excluding hydrogens is 242 g/mol. The van der Waals surface area contributed by atoms with E-state index in [1.54, 1.807) is 0 Å². The summed E-state index contributed by atoms with van der Waals surface area (Å²) < 4.78 is 6.90. The van der Waals surface area contributed by atoms with Crippen molar-refractivity contribution < 1.29 is 4.52 Å². The molecule has 104 valence electrons. The molecule has 0 fully saturated rings. The molecule has 19 heavy (non-hydrogen) atoms. The molecule has 0 saturated carbocycles. The molecule has 0 atom stereocenters. The molecule has 0 aliphatic heterocycles. The second-order valence-electron chi connectivity index (χ2n) is 4.84. The van der Waals surface area contributed by atoms with E-state index in [2.05, 4.69) is 17.2 Å². The van der Waals surface area contributed by atoms with Gasteiger partial charge in [-0.3, -0.25) is 4.68 Å². The Balaban J connectivity index is 2.21. The first-order chi connectivity index (χ1) is 9.02. The van der Waals surface area contributed by atoms with Crippen molar-refractivity contribution in [1.82, 2.24) is 14.9 Å². The van der Waals surface area contributed by atoms with E-state index in [-0.39, 0.29) is 0 Å². The van der Waals surface area contributed by atoms with Gasteiger partial charge in [0.15, 0.2) is 5.82 Å². The maximum Gasteiger partial charge on any atom is 0.150 e. The van der Waals surface area contributed by atoms with Crippen LogP contribution in [-0.2, 0) is 20.0 Å². The average molecular weight is 263 g/mol. The number of anilines is 2. The van der Waals surface area contributed by atoms with Crippen molar-refractivity contribution in [2.24, 2.45) is 7.05 Å². The van der Waals surface area contributed by atoms with Crippen molar-refractivity contribution in [3.8, 4) is 0 Å². The minimum absolute atomic E-state index is 0.645. The first kappa shape index (κ1) is 13.5. The van der Waals surface area contributed by atoms with E-state index in [4.69, 9.17) is 10.3 Å². The predicted octanol–water partition coefficient (Wildman–Crippen LogP) is 1.89. The Labute approximate surface area is 113 Å². The molecule has 0 radical (unpaired) electrons. The van der Waals surface area contributed by atoms with Crippen LogP contribution >= 0.6 is 0 Å². The third-order valence-electron chi connectivity index (χ3n) is 3.05. The molecule has 2 aromatic heterocycles. The van der Waals surface area contributed by atoms with Gasteiger partial charge in [0.25, 0.3) is 0 Å². The lowest BCUT2D eigenvalue weighted by atomic mass is 10.2. The fourth-order valence-electron chi connectivity index (χ4n) is 2.27. The number of rotatable bonds is 5. The summed E-state index contributed by atoms with van der Waals surface area (Å²) in [4.78, 5) is 2.04. The van der Waals surface area contributed by atoms with Gasteiger partial charge in [0.2, 0.25) is 0 Å². The molecule has 0 unspecified atom stereocenters. The van der Waals surface area contributed by atoms with Crippen LogP contribution in [0.1, 0.15) is 30.5 Å². The Kier molecular flexibility index (Phi) is 3.78. The quantitative estimate of drug-likeness (QED) is 0.891. The van der Waals surface area contributed by atoms with Gasteiger partial charge >= 0.3 is 0 Å². The van der Waals surface area contributed by atoms with Gasteiger partial charge in [-0.05, 0) is 13.3 Å². The summed E-state index contributed by atoms with van der Waals surface area (Å²) in [7, 11) is 3.89. The molecule has 0 bridgehead atoms. The van der Waals surface area contributed by atoms with Gasteiger partial charge in [-0.25, -0.2) is 0 Å². The maximum atomic E-state index is 6.18. The van der Waals surface area contributed by atoms with Gasteiger partial charge in [0.1, 0.15) is 11.5 Å². The molecule has 0 aliphatic carbocycles. The number of hydrogen-bond acceptors (Lipinski definition) is 5. The van der Waals surface area contributed by atoms with Crippen molar-refractivity contribution in [2.45, 2.75) is 33.2 Å². The summed E-state index contributed by atoms with van der Waals surface area (Å²) in [5.74, 6) is 1.73. The van der Waals surface area contributed by atoms with Gasteiger partial charge in [0, 0.05) is 20.2 Å². The van der Waals surface area contributed by atoms with Crippen LogP contribution in [0.25, 0.3) is 0 Å². The Morgan fingerprint density at radius 2 is 2.21 bits per heavy atom. The molecule has 0 aromatic carbocycles. The third-order valence-corrected chi connectivity index (χ3v) is 3.05. The lowest BCUT2D eigenvalue weighted by Gasteiger charge is -2.18. The molecule has 2 N–H and O–H groups in total. The van der Waals surface area contributed by atoms with Crippen molar-refractivity contribution in [1.29, 1.82) is 0 Å². The average Bonchev–Trinajstić information content (AvgIpc) is 2.85. The SMILES string of the molecule is CCCc1nn(C)c(N(C)Cc2cc(C)on2)c1N. The standard InChI is InChI=1S/C13H21N5O/c1-5-6-11-12(14)13(18(4)15-11)17(3)8-10-7-9(2)19-16-10/h7H,5-6,8,14H2,1-4H3. The number of aryl methyl sites for hydroxylation is 3. The highest BCUT2D eigenvalue weighted by Gasteiger charge is 2.17. The van der Waals surface area contributed by atoms with Gasteiger partial charge in [-0.1, -0.05) is 18.5 Å². The molecule has 6 nitrogen and oxygen atoms in total. The maximum absolute atomic E-state index is 6.18. The van der Waals surface area contributed by atoms with Crippen LogP contribution < -0.4 is 10.6 Å². The van der Waals surface area contributed by atoms with Gasteiger partial charge in [-0.2, -0.15) is 5.10 Å². The summed E-state index contributed by atoms with van der Waals surface area (Å²) in [6.45, 7) is 4.65. The zero-order valence-electron chi connectivity index (χ0n) is 12.0. The van der Waals surface area contributed by atoms with Crippen LogP contribution in [0.3, 0.4) is 0 Å². The van der Waals surface area contributed by atoms with Gasteiger partial charge < -0.3 is 15.2 Å². The van der Waals surface area contributed by atoms with E-state index in [1.165, 1.54) is 0 Å². The summed E-state index contributed by atoms with van der Waals surface area (Å²) in [6.07, 6.45) is 1.93. The van der Waals surface area contributed by atoms with E-state index in [0.29, 0.717) is 6.54 Å². The summed E-state index contributed by atoms with van der Waals surface area (Å²) in [6, 6.07) is 1.93. The van der Waals surface area contributed by atoms with Crippen LogP contribution in [-0.4, -0.2) is 22.0 Å². The fraction of sp³-hybridized carbons (Fsp3) is 0.538. The van der Waals surface area contributed by atoms with E-state index < -0.39 is 0 Å². The van der Waals surface area contributed by atoms with Crippen molar-refractivity contribution in [3.05, 3.63) is 23.2 Å². The van der Waals surface area contributed by atoms with Crippen LogP contribution in [0.2, 0.25) is 0 Å². The Bertz CT molecular complexity index is 557. The summed E-state index contributed by atoms with van der Waals surface area (Å²) >= 11 is 0. The topological polar surface area (TPSA) is 73.1 Å². The minimum atomic E-state index is 0.645. The molecule has 0 spiro atoms. The van der Waals surface area contributed by atoms with Gasteiger partial charge in [0.05, 0.1) is 17.9 Å². The molecule has 6 heteroatoms. The van der Waals surface area contributed by atoms with Crippen LogP contribution in [0, 0.1) is 6.92 Å². The third kappa shape index (κ3) is 2.72. The number of nitrogen functional groups attached to an aromatic ring is 1. The van der Waals surface area contributed by atoms with Crippen molar-refractivity contribution in [3.63, 3.8) is 0 Å². The number of hydrogen-bond donors (Lipinski definition) is 1. The predicted molar refractivity (Wildman–Crippen MR) is 75.0 cm³/mol. The van der Waals surface area contributed by atoms with Gasteiger partial charge in [-0.15, -0.1) is 0 Å². The molecule has 2 aromatic rings. The minimum Gasteiger partial charge on any atom is -0.394 e. The molecular formula is C13H21N5O. The van der Waals surface area contributed by atoms with Crippen molar-refractivity contribution in [2.75, 3.05) is 17.7 Å².